The lowest BCUT2D eigenvalue weighted by molar-refractivity contribution is -0.126. The van der Waals surface area contributed by atoms with E-state index in [9.17, 15) is 9.59 Å². The van der Waals surface area contributed by atoms with Crippen LogP contribution < -0.4 is 10.1 Å². The molecule has 7 heteroatoms. The van der Waals surface area contributed by atoms with Gasteiger partial charge in [-0.3, -0.25) is 14.5 Å². The van der Waals surface area contributed by atoms with Crippen LogP contribution in [0, 0.1) is 0 Å². The highest BCUT2D eigenvalue weighted by molar-refractivity contribution is 6.01. The van der Waals surface area contributed by atoms with E-state index in [4.69, 9.17) is 9.47 Å². The molecule has 7 nitrogen and oxygen atoms in total. The van der Waals surface area contributed by atoms with Crippen molar-refractivity contribution in [1.29, 1.82) is 0 Å². The summed E-state index contributed by atoms with van der Waals surface area (Å²) in [7, 11) is 0. The molecule has 5 rings (SSSR count). The van der Waals surface area contributed by atoms with Crippen molar-refractivity contribution in [2.75, 3.05) is 13.1 Å². The molecule has 33 heavy (non-hydrogen) atoms. The lowest BCUT2D eigenvalue weighted by atomic mass is 9.89. The minimum absolute atomic E-state index is 0.0727. The van der Waals surface area contributed by atoms with E-state index in [-0.39, 0.29) is 24.0 Å². The van der Waals surface area contributed by atoms with Crippen molar-refractivity contribution in [2.24, 2.45) is 0 Å². The zero-order chi connectivity index (χ0) is 23.1. The van der Waals surface area contributed by atoms with Crippen LogP contribution in [-0.2, 0) is 16.1 Å². The van der Waals surface area contributed by atoms with Gasteiger partial charge in [-0.05, 0) is 69.7 Å². The standard InChI is InChI=1S/C26H35N3O4/c1-16(2)32-20-14-28(15-20)22-6-4-5-7-24(22)33-19-9-10-21-18(12-19)13-29(26(21)31)23-11-8-17(3)27-25(23)30/h9-10,12,16,20,22-24H,3-8,11,13-15H2,1-2H3,(H,27,30). The number of carbonyl (C=O) groups excluding carboxylic acids is 2. The van der Waals surface area contributed by atoms with E-state index in [0.29, 0.717) is 37.1 Å². The average molecular weight is 454 g/mol. The number of benzene rings is 1. The second-order valence-corrected chi connectivity index (χ2v) is 10.2. The Morgan fingerprint density at radius 3 is 2.67 bits per heavy atom. The van der Waals surface area contributed by atoms with Crippen molar-refractivity contribution in [3.63, 3.8) is 0 Å². The van der Waals surface area contributed by atoms with Crippen LogP contribution in [0.4, 0.5) is 0 Å². The van der Waals surface area contributed by atoms with E-state index < -0.39 is 6.04 Å². The van der Waals surface area contributed by atoms with E-state index in [0.717, 1.165) is 42.9 Å². The molecule has 0 spiro atoms. The summed E-state index contributed by atoms with van der Waals surface area (Å²) >= 11 is 0. The third-order valence-electron chi connectivity index (χ3n) is 7.37. The number of nitrogens with zero attached hydrogens (tertiary/aromatic N) is 2. The normalized spacial score (nSPS) is 28.6. The minimum atomic E-state index is -0.435. The van der Waals surface area contributed by atoms with Crippen molar-refractivity contribution in [2.45, 2.75) is 89.3 Å². The Balaban J connectivity index is 1.24. The van der Waals surface area contributed by atoms with Crippen LogP contribution in [0.15, 0.2) is 30.5 Å². The molecule has 2 saturated heterocycles. The predicted octanol–water partition coefficient (Wildman–Crippen LogP) is 3.23. The molecule has 3 unspecified atom stereocenters. The third-order valence-corrected chi connectivity index (χ3v) is 7.37. The lowest BCUT2D eigenvalue weighted by Gasteiger charge is -2.48. The molecule has 1 saturated carbocycles. The van der Waals surface area contributed by atoms with Gasteiger partial charge in [-0.1, -0.05) is 13.0 Å². The molecule has 0 aromatic heterocycles. The summed E-state index contributed by atoms with van der Waals surface area (Å²) in [6, 6.07) is 5.75. The van der Waals surface area contributed by atoms with Gasteiger partial charge < -0.3 is 19.7 Å². The summed E-state index contributed by atoms with van der Waals surface area (Å²) < 4.78 is 12.5. The fraction of sp³-hybridized carbons (Fsp3) is 0.615. The molecule has 2 amide bonds. The van der Waals surface area contributed by atoms with Gasteiger partial charge in [-0.25, -0.2) is 0 Å². The molecule has 1 aromatic rings. The van der Waals surface area contributed by atoms with Crippen LogP contribution in [-0.4, -0.2) is 65.1 Å². The highest BCUT2D eigenvalue weighted by Crippen LogP contribution is 2.34. The summed E-state index contributed by atoms with van der Waals surface area (Å²) in [5.74, 6) is 0.608. The quantitative estimate of drug-likeness (QED) is 0.716. The number of allylic oxidation sites excluding steroid dienone is 1. The lowest BCUT2D eigenvalue weighted by Crippen LogP contribution is -2.61. The Bertz CT molecular complexity index is 939. The number of piperidine rings is 1. The number of hydrogen-bond acceptors (Lipinski definition) is 5. The SMILES string of the molecule is C=C1CCC(N2Cc3cc(OC4CCCCC4N4CC(OC(C)C)C4)ccc3C2=O)C(=O)N1. The first-order valence-electron chi connectivity index (χ1n) is 12.4. The van der Waals surface area contributed by atoms with E-state index in [1.54, 1.807) is 4.90 Å². The first kappa shape index (κ1) is 22.4. The van der Waals surface area contributed by atoms with Crippen LogP contribution in [0.3, 0.4) is 0 Å². The fourth-order valence-corrected chi connectivity index (χ4v) is 5.72. The third kappa shape index (κ3) is 4.53. The maximum absolute atomic E-state index is 13.0. The molecule has 1 aromatic carbocycles. The smallest absolute Gasteiger partial charge is 0.255 e. The molecule has 3 heterocycles. The number of carbonyl (C=O) groups is 2. The van der Waals surface area contributed by atoms with Gasteiger partial charge in [-0.15, -0.1) is 0 Å². The number of ether oxygens (including phenoxy) is 2. The minimum Gasteiger partial charge on any atom is -0.489 e. The summed E-state index contributed by atoms with van der Waals surface area (Å²) in [6.07, 6.45) is 6.69. The fourth-order valence-electron chi connectivity index (χ4n) is 5.72. The van der Waals surface area contributed by atoms with Crippen molar-refractivity contribution in [3.8, 4) is 5.75 Å². The largest absolute Gasteiger partial charge is 0.489 e. The molecule has 0 bridgehead atoms. The van der Waals surface area contributed by atoms with Gasteiger partial charge in [0.2, 0.25) is 5.91 Å². The molecular formula is C26H35N3O4. The molecular weight excluding hydrogens is 418 g/mol. The van der Waals surface area contributed by atoms with Crippen molar-refractivity contribution >= 4 is 11.8 Å². The van der Waals surface area contributed by atoms with Gasteiger partial charge in [0.25, 0.3) is 5.91 Å². The molecule has 1 N–H and O–H groups in total. The monoisotopic (exact) mass is 453 g/mol. The summed E-state index contributed by atoms with van der Waals surface area (Å²) in [4.78, 5) is 29.6. The van der Waals surface area contributed by atoms with Crippen LogP contribution in [0.25, 0.3) is 0 Å². The average Bonchev–Trinajstić information content (AvgIpc) is 3.06. The van der Waals surface area contributed by atoms with Gasteiger partial charge in [0, 0.05) is 36.9 Å². The summed E-state index contributed by atoms with van der Waals surface area (Å²) in [5.41, 5.74) is 2.34. The van der Waals surface area contributed by atoms with Crippen molar-refractivity contribution in [3.05, 3.63) is 41.6 Å². The number of fused-ring (bicyclic) bond motifs is 1. The second kappa shape index (κ2) is 9.11. The Hall–Kier alpha value is -2.38. The Morgan fingerprint density at radius 2 is 1.91 bits per heavy atom. The van der Waals surface area contributed by atoms with Gasteiger partial charge >= 0.3 is 0 Å². The Morgan fingerprint density at radius 1 is 1.12 bits per heavy atom. The number of amides is 2. The van der Waals surface area contributed by atoms with Crippen LogP contribution in [0.1, 0.15) is 68.3 Å². The number of nitrogens with one attached hydrogen (secondary N) is 1. The highest BCUT2D eigenvalue weighted by atomic mass is 16.5. The molecule has 1 aliphatic carbocycles. The van der Waals surface area contributed by atoms with Gasteiger partial charge in [0.1, 0.15) is 17.9 Å². The molecule has 3 atom stereocenters. The number of rotatable bonds is 6. The first-order valence-corrected chi connectivity index (χ1v) is 12.4. The van der Waals surface area contributed by atoms with E-state index >= 15 is 0 Å². The van der Waals surface area contributed by atoms with E-state index in [1.165, 1.54) is 12.8 Å². The maximum atomic E-state index is 13.0. The van der Waals surface area contributed by atoms with E-state index in [1.807, 2.05) is 18.2 Å². The van der Waals surface area contributed by atoms with Crippen LogP contribution >= 0.6 is 0 Å². The zero-order valence-corrected chi connectivity index (χ0v) is 19.7. The van der Waals surface area contributed by atoms with E-state index in [2.05, 4.69) is 30.6 Å². The van der Waals surface area contributed by atoms with Crippen LogP contribution in [0.5, 0.6) is 5.75 Å². The maximum Gasteiger partial charge on any atom is 0.255 e. The predicted molar refractivity (Wildman–Crippen MR) is 125 cm³/mol. The molecule has 0 radical (unpaired) electrons. The van der Waals surface area contributed by atoms with Gasteiger partial charge in [0.15, 0.2) is 0 Å². The molecule has 178 valence electrons. The van der Waals surface area contributed by atoms with Gasteiger partial charge in [0.05, 0.1) is 12.2 Å². The van der Waals surface area contributed by atoms with Crippen LogP contribution in [0.2, 0.25) is 0 Å². The van der Waals surface area contributed by atoms with Crippen molar-refractivity contribution in [1.82, 2.24) is 15.1 Å². The summed E-state index contributed by atoms with van der Waals surface area (Å²) in [5, 5.41) is 2.79. The zero-order valence-electron chi connectivity index (χ0n) is 19.7. The Labute approximate surface area is 196 Å². The first-order chi connectivity index (χ1) is 15.9. The number of hydrogen-bond donors (Lipinski definition) is 1. The summed E-state index contributed by atoms with van der Waals surface area (Å²) in [6.45, 7) is 10.4. The number of likely N-dealkylation sites (tertiary alicyclic amines) is 1. The second-order valence-electron chi connectivity index (χ2n) is 10.2. The molecule has 3 fully saturated rings. The Kier molecular flexibility index (Phi) is 6.18. The highest BCUT2D eigenvalue weighted by Gasteiger charge is 2.40. The topological polar surface area (TPSA) is 71.1 Å². The van der Waals surface area contributed by atoms with Crippen molar-refractivity contribution < 1.29 is 19.1 Å². The molecule has 4 aliphatic rings. The van der Waals surface area contributed by atoms with Gasteiger partial charge in [-0.2, -0.15) is 0 Å². The molecule has 3 aliphatic heterocycles.